The molecule has 0 fully saturated rings. The van der Waals surface area contributed by atoms with Crippen LogP contribution in [0.15, 0.2) is 36.5 Å². The molecule has 0 aliphatic heterocycles. The van der Waals surface area contributed by atoms with E-state index in [1.165, 1.54) is 37.5 Å². The van der Waals surface area contributed by atoms with Gasteiger partial charge in [0.05, 0.1) is 0 Å². The molecule has 1 rings (SSSR count). The topological polar surface area (TPSA) is 49.4 Å². The van der Waals surface area contributed by atoms with E-state index in [1.807, 2.05) is 39.8 Å². The summed E-state index contributed by atoms with van der Waals surface area (Å²) in [5.74, 6) is 0.602. The highest BCUT2D eigenvalue weighted by atomic mass is 16.2. The van der Waals surface area contributed by atoms with Crippen LogP contribution < -0.4 is 5.32 Å². The number of hydrogen-bond acceptors (Lipinski definition) is 2. The zero-order valence-corrected chi connectivity index (χ0v) is 22.7. The second-order valence-corrected chi connectivity index (χ2v) is 5.70. The molecule has 0 unspecified atom stereocenters. The van der Waals surface area contributed by atoms with E-state index in [9.17, 15) is 4.79 Å². The zero-order valence-electron chi connectivity index (χ0n) is 22.7. The van der Waals surface area contributed by atoms with Crippen molar-refractivity contribution in [3.05, 3.63) is 36.5 Å². The molecule has 1 N–H and O–H groups in total. The largest absolute Gasteiger partial charge is 0.341 e. The Bertz CT molecular complexity index is 336. The number of nitrogens with one attached hydrogen (secondary N) is 1. The molecule has 4 heteroatoms. The van der Waals surface area contributed by atoms with Crippen LogP contribution in [0.25, 0.3) is 0 Å². The Morgan fingerprint density at radius 1 is 0.833 bits per heavy atom. The minimum absolute atomic E-state index is 0.0694. The monoisotopic (exact) mass is 428 g/mol. The van der Waals surface area contributed by atoms with Gasteiger partial charge in [-0.05, 0) is 12.8 Å². The summed E-state index contributed by atoms with van der Waals surface area (Å²) < 4.78 is 0. The maximum atomic E-state index is 10.3. The summed E-state index contributed by atoms with van der Waals surface area (Å²) >= 11 is 0. The summed E-state index contributed by atoms with van der Waals surface area (Å²) in [4.78, 5) is 20.6. The molecule has 182 valence electrons. The number of carbonyl (C=O) groups excluding carboxylic acids is 2. The van der Waals surface area contributed by atoms with Crippen LogP contribution >= 0.6 is 0 Å². The number of rotatable bonds is 2. The average Bonchev–Trinajstić information content (AvgIpc) is 3.04. The molecule has 0 bridgehead atoms. The van der Waals surface area contributed by atoms with Crippen LogP contribution in [0.2, 0.25) is 0 Å². The van der Waals surface area contributed by atoms with Crippen molar-refractivity contribution in [1.29, 1.82) is 0 Å². The van der Waals surface area contributed by atoms with Crippen molar-refractivity contribution < 1.29 is 9.59 Å². The number of allylic oxidation sites excluding steroid dienone is 6. The Kier molecular flexibility index (Phi) is 71.4. The van der Waals surface area contributed by atoms with E-state index >= 15 is 0 Å². The molecule has 0 heterocycles. The van der Waals surface area contributed by atoms with Crippen molar-refractivity contribution in [2.24, 2.45) is 5.92 Å². The van der Waals surface area contributed by atoms with Crippen molar-refractivity contribution in [1.82, 2.24) is 10.2 Å². The molecule has 0 atom stereocenters. The van der Waals surface area contributed by atoms with Gasteiger partial charge in [0.15, 0.2) is 0 Å². The highest BCUT2D eigenvalue weighted by Crippen LogP contribution is 2.02. The fraction of sp³-hybridized carbons (Fsp3) is 0.692. The van der Waals surface area contributed by atoms with Gasteiger partial charge in [0, 0.05) is 21.1 Å². The van der Waals surface area contributed by atoms with Gasteiger partial charge in [-0.15, -0.1) is 0 Å². The third-order valence-electron chi connectivity index (χ3n) is 2.78. The van der Waals surface area contributed by atoms with Gasteiger partial charge in [-0.25, -0.2) is 4.79 Å². The summed E-state index contributed by atoms with van der Waals surface area (Å²) in [7, 11) is 4.99. The van der Waals surface area contributed by atoms with Gasteiger partial charge in [-0.1, -0.05) is 124 Å². The molecule has 0 aromatic heterocycles. The average molecular weight is 429 g/mol. The summed E-state index contributed by atoms with van der Waals surface area (Å²) in [6, 6.07) is -0.0694. The molecule has 30 heavy (non-hydrogen) atoms. The van der Waals surface area contributed by atoms with Crippen molar-refractivity contribution in [3.63, 3.8) is 0 Å². The lowest BCUT2D eigenvalue weighted by atomic mass is 10.2. The predicted molar refractivity (Wildman–Crippen MR) is 140 cm³/mol. The third kappa shape index (κ3) is 72.1. The quantitative estimate of drug-likeness (QED) is 0.452. The Hall–Kier alpha value is -1.84. The van der Waals surface area contributed by atoms with Crippen molar-refractivity contribution in [3.8, 4) is 0 Å². The van der Waals surface area contributed by atoms with E-state index in [4.69, 9.17) is 4.79 Å². The lowest BCUT2D eigenvalue weighted by molar-refractivity contribution is -0.106. The van der Waals surface area contributed by atoms with Gasteiger partial charge < -0.3 is 15.0 Å². The van der Waals surface area contributed by atoms with Crippen molar-refractivity contribution >= 4 is 12.3 Å². The van der Waals surface area contributed by atoms with Gasteiger partial charge in [0.1, 0.15) is 6.29 Å². The number of amides is 2. The van der Waals surface area contributed by atoms with Gasteiger partial charge in [-0.2, -0.15) is 0 Å². The number of nitrogens with zero attached hydrogens (tertiary/aromatic N) is 1. The molecule has 0 spiro atoms. The van der Waals surface area contributed by atoms with Crippen LogP contribution in [-0.2, 0) is 4.79 Å². The lowest BCUT2D eigenvalue weighted by Gasteiger charge is -2.06. The normalized spacial score (nSPS) is 9.77. The SMILES string of the molecule is CC.CC.CC1C=CC=CC=C1.CC=O.CCCC.CCCC.CNC(=O)N(C)C. The Balaban J connectivity index is -0.0000000600. The highest BCUT2D eigenvalue weighted by molar-refractivity contribution is 5.72. The Labute approximate surface area is 190 Å². The molecule has 1 aliphatic carbocycles. The first-order valence-corrected chi connectivity index (χ1v) is 11.6. The maximum Gasteiger partial charge on any atom is 0.316 e. The van der Waals surface area contributed by atoms with E-state index < -0.39 is 0 Å². The molecule has 0 aromatic carbocycles. The van der Waals surface area contributed by atoms with Crippen LogP contribution in [0, 0.1) is 5.92 Å². The van der Waals surface area contributed by atoms with E-state index in [0.717, 1.165) is 6.29 Å². The van der Waals surface area contributed by atoms with E-state index in [2.05, 4.69) is 64.2 Å². The van der Waals surface area contributed by atoms with E-state index in [-0.39, 0.29) is 6.03 Å². The summed E-state index contributed by atoms with van der Waals surface area (Å²) in [6.45, 7) is 20.3. The molecular weight excluding hydrogens is 372 g/mol. The predicted octanol–water partition coefficient (Wildman–Crippen LogP) is 8.06. The molecule has 0 radical (unpaired) electrons. The number of unbranched alkanes of at least 4 members (excludes halogenated alkanes) is 2. The fourth-order valence-corrected chi connectivity index (χ4v) is 0.895. The number of carbonyl (C=O) groups is 2. The second kappa shape index (κ2) is 50.6. The minimum atomic E-state index is -0.0694. The van der Waals surface area contributed by atoms with Crippen molar-refractivity contribution in [2.75, 3.05) is 21.1 Å². The summed E-state index contributed by atoms with van der Waals surface area (Å²) in [6.07, 6.45) is 18.6. The third-order valence-corrected chi connectivity index (χ3v) is 2.78. The van der Waals surface area contributed by atoms with Gasteiger partial charge in [-0.3, -0.25) is 0 Å². The molecule has 0 aromatic rings. The fourth-order valence-electron chi connectivity index (χ4n) is 0.895. The van der Waals surface area contributed by atoms with Gasteiger partial charge >= 0.3 is 6.03 Å². The molecule has 2 amide bonds. The first kappa shape index (κ1) is 42.3. The Morgan fingerprint density at radius 3 is 1.23 bits per heavy atom. The molecule has 0 saturated carbocycles. The number of aldehydes is 1. The van der Waals surface area contributed by atoms with Crippen LogP contribution in [0.5, 0.6) is 0 Å². The molecule has 1 aliphatic rings. The molecular formula is C26H56N2O2. The highest BCUT2D eigenvalue weighted by Gasteiger charge is 1.94. The van der Waals surface area contributed by atoms with Crippen LogP contribution in [0.3, 0.4) is 0 Å². The standard InChI is InChI=1S/C8H10.C4H10N2O.2C4H10.C2H4O.2C2H6/c1-8-6-4-2-3-5-7-8;1-5-4(7)6(2)3;2*1-3-4-2;1-2-3;2*1-2/h2-8H,1H3;1-3H3,(H,5,7);2*3-4H2,1-2H3;2H,1H3;2*1-2H3. The lowest BCUT2D eigenvalue weighted by Crippen LogP contribution is -2.31. The first-order valence-electron chi connectivity index (χ1n) is 11.6. The van der Waals surface area contributed by atoms with Gasteiger partial charge in [0.25, 0.3) is 0 Å². The molecule has 0 saturated heterocycles. The summed E-state index contributed by atoms with van der Waals surface area (Å²) in [5.41, 5.74) is 0. The van der Waals surface area contributed by atoms with Crippen LogP contribution in [0.1, 0.15) is 94.9 Å². The first-order chi connectivity index (χ1) is 14.3. The number of hydrogen-bond donors (Lipinski definition) is 1. The summed E-state index contributed by atoms with van der Waals surface area (Å²) in [5, 5.41) is 2.45. The van der Waals surface area contributed by atoms with Crippen LogP contribution in [-0.4, -0.2) is 38.4 Å². The smallest absolute Gasteiger partial charge is 0.316 e. The van der Waals surface area contributed by atoms with E-state index in [0.29, 0.717) is 5.92 Å². The minimum Gasteiger partial charge on any atom is -0.341 e. The van der Waals surface area contributed by atoms with Gasteiger partial charge in [0.2, 0.25) is 0 Å². The zero-order chi connectivity index (χ0) is 25.2. The van der Waals surface area contributed by atoms with Crippen molar-refractivity contribution in [2.45, 2.75) is 94.9 Å². The van der Waals surface area contributed by atoms with Crippen LogP contribution in [0.4, 0.5) is 4.79 Å². The molecule has 4 nitrogen and oxygen atoms in total. The maximum absolute atomic E-state index is 10.3. The Morgan fingerprint density at radius 2 is 1.10 bits per heavy atom. The second-order valence-electron chi connectivity index (χ2n) is 5.70. The van der Waals surface area contributed by atoms with E-state index in [1.54, 1.807) is 21.1 Å². The number of urea groups is 1.